The van der Waals surface area contributed by atoms with Crippen LogP contribution in [0.4, 0.5) is 0 Å². The molecule has 1 aromatic carbocycles. The zero-order valence-corrected chi connectivity index (χ0v) is 15.0. The van der Waals surface area contributed by atoms with Crippen LogP contribution in [0.2, 0.25) is 0 Å². The summed E-state index contributed by atoms with van der Waals surface area (Å²) in [6.45, 7) is 6.55. The number of para-hydroxylation sites is 1. The smallest absolute Gasteiger partial charge is 0.138 e. The Balaban J connectivity index is 1.94. The van der Waals surface area contributed by atoms with Crippen molar-refractivity contribution in [3.8, 4) is 0 Å². The summed E-state index contributed by atoms with van der Waals surface area (Å²) in [5.41, 5.74) is 1.99. The summed E-state index contributed by atoms with van der Waals surface area (Å²) < 4.78 is 2.89. The van der Waals surface area contributed by atoms with Crippen LogP contribution in [0.3, 0.4) is 0 Å². The van der Waals surface area contributed by atoms with E-state index in [1.165, 1.54) is 25.7 Å². The number of thioether (sulfide) groups is 1. The van der Waals surface area contributed by atoms with Crippen LogP contribution < -0.4 is 0 Å². The third-order valence-corrected chi connectivity index (χ3v) is 5.04. The average molecular weight is 337 g/mol. The van der Waals surface area contributed by atoms with Crippen LogP contribution in [0.1, 0.15) is 39.5 Å². The van der Waals surface area contributed by atoms with Gasteiger partial charge in [0.25, 0.3) is 0 Å². The highest BCUT2D eigenvalue weighted by Crippen LogP contribution is 2.17. The first-order chi connectivity index (χ1) is 10.8. The molecule has 0 saturated carbocycles. The van der Waals surface area contributed by atoms with Crippen LogP contribution in [-0.2, 0) is 5.88 Å². The van der Waals surface area contributed by atoms with Crippen molar-refractivity contribution in [3.63, 3.8) is 0 Å². The minimum absolute atomic E-state index is 0.716. The maximum Gasteiger partial charge on any atom is 0.138 e. The van der Waals surface area contributed by atoms with E-state index >= 15 is 0 Å². The number of aromatic nitrogens is 3. The highest BCUT2D eigenvalue weighted by Gasteiger charge is 2.11. The van der Waals surface area contributed by atoms with Crippen LogP contribution in [0.15, 0.2) is 24.3 Å². The van der Waals surface area contributed by atoms with E-state index in [0.717, 1.165) is 28.4 Å². The Labute approximate surface area is 142 Å². The van der Waals surface area contributed by atoms with Crippen LogP contribution >= 0.6 is 24.0 Å². The second kappa shape index (κ2) is 9.10. The number of fused-ring (bicyclic) bond motifs is 1. The number of thiocarbonyl (C=S) groups is 1. The predicted molar refractivity (Wildman–Crippen MR) is 99.1 cm³/mol. The van der Waals surface area contributed by atoms with E-state index in [-0.39, 0.29) is 0 Å². The molecule has 2 aromatic rings. The van der Waals surface area contributed by atoms with Crippen molar-refractivity contribution in [2.75, 3.05) is 13.1 Å². The first-order valence-corrected chi connectivity index (χ1v) is 9.35. The van der Waals surface area contributed by atoms with Gasteiger partial charge in [-0.15, -0.1) is 5.10 Å². The third-order valence-electron chi connectivity index (χ3n) is 3.55. The Morgan fingerprint density at radius 2 is 1.86 bits per heavy atom. The second-order valence-electron chi connectivity index (χ2n) is 5.31. The summed E-state index contributed by atoms with van der Waals surface area (Å²) in [7, 11) is 0. The van der Waals surface area contributed by atoms with E-state index < -0.39 is 0 Å². The quantitative estimate of drug-likeness (QED) is 0.671. The number of rotatable bonds is 8. The largest absolute Gasteiger partial charge is 0.357 e. The minimum Gasteiger partial charge on any atom is -0.357 e. The molecule has 0 unspecified atom stereocenters. The highest BCUT2D eigenvalue weighted by molar-refractivity contribution is 8.22. The van der Waals surface area contributed by atoms with Crippen molar-refractivity contribution in [1.82, 2.24) is 19.9 Å². The van der Waals surface area contributed by atoms with Crippen LogP contribution in [0.5, 0.6) is 0 Å². The third kappa shape index (κ3) is 4.68. The molecule has 0 atom stereocenters. The monoisotopic (exact) mass is 336 g/mol. The molecule has 0 radical (unpaired) electrons. The molecule has 1 heterocycles. The summed E-state index contributed by atoms with van der Waals surface area (Å²) in [6.07, 6.45) is 4.78. The molecule has 0 bridgehead atoms. The van der Waals surface area contributed by atoms with E-state index in [4.69, 9.17) is 12.2 Å². The van der Waals surface area contributed by atoms with Crippen molar-refractivity contribution in [2.24, 2.45) is 0 Å². The van der Waals surface area contributed by atoms with Crippen LogP contribution in [0.25, 0.3) is 11.0 Å². The van der Waals surface area contributed by atoms with Gasteiger partial charge in [-0.2, -0.15) is 0 Å². The summed E-state index contributed by atoms with van der Waals surface area (Å²) in [6, 6.07) is 8.03. The van der Waals surface area contributed by atoms with E-state index in [1.807, 2.05) is 28.9 Å². The summed E-state index contributed by atoms with van der Waals surface area (Å²) in [4.78, 5) is 2.34. The lowest BCUT2D eigenvalue weighted by Gasteiger charge is -2.24. The Hall–Kier alpha value is -1.14. The first kappa shape index (κ1) is 17.2. The molecule has 4 nitrogen and oxygen atoms in total. The molecule has 0 aliphatic carbocycles. The first-order valence-electron chi connectivity index (χ1n) is 7.96. The number of benzene rings is 1. The van der Waals surface area contributed by atoms with Gasteiger partial charge in [-0.05, 0) is 25.0 Å². The zero-order chi connectivity index (χ0) is 15.8. The van der Waals surface area contributed by atoms with E-state index in [1.54, 1.807) is 11.8 Å². The normalized spacial score (nSPS) is 11.0. The van der Waals surface area contributed by atoms with Gasteiger partial charge in [0.2, 0.25) is 0 Å². The lowest BCUT2D eigenvalue weighted by atomic mass is 10.3. The lowest BCUT2D eigenvalue weighted by Crippen LogP contribution is -2.30. The molecule has 22 heavy (non-hydrogen) atoms. The number of unbranched alkanes of at least 4 members (excludes halogenated alkanes) is 2. The molecule has 2 rings (SSSR count). The number of hydrogen-bond donors (Lipinski definition) is 0. The van der Waals surface area contributed by atoms with Gasteiger partial charge < -0.3 is 4.90 Å². The zero-order valence-electron chi connectivity index (χ0n) is 13.4. The van der Waals surface area contributed by atoms with Gasteiger partial charge in [0, 0.05) is 13.1 Å². The van der Waals surface area contributed by atoms with Gasteiger partial charge >= 0.3 is 0 Å². The lowest BCUT2D eigenvalue weighted by molar-refractivity contribution is 0.410. The molecule has 0 aliphatic rings. The van der Waals surface area contributed by atoms with Gasteiger partial charge in [-0.1, -0.05) is 68.0 Å². The summed E-state index contributed by atoms with van der Waals surface area (Å²) in [5, 5.41) is 8.40. The molecule has 0 amide bonds. The second-order valence-corrected chi connectivity index (χ2v) is 6.89. The molecule has 0 N–H and O–H groups in total. The summed E-state index contributed by atoms with van der Waals surface area (Å²) in [5.74, 6) is 0.716. The molecule has 0 spiro atoms. The van der Waals surface area contributed by atoms with Crippen molar-refractivity contribution in [3.05, 3.63) is 24.3 Å². The Kier molecular flexibility index (Phi) is 7.12. The summed E-state index contributed by atoms with van der Waals surface area (Å²) >= 11 is 7.30. The maximum atomic E-state index is 5.63. The van der Waals surface area contributed by atoms with Crippen molar-refractivity contribution in [1.29, 1.82) is 0 Å². The van der Waals surface area contributed by atoms with Gasteiger partial charge in [0.1, 0.15) is 9.84 Å². The number of nitrogens with zero attached hydrogens (tertiary/aromatic N) is 4. The van der Waals surface area contributed by atoms with Crippen LogP contribution in [0, 0.1) is 0 Å². The topological polar surface area (TPSA) is 34.0 Å². The Morgan fingerprint density at radius 3 is 2.55 bits per heavy atom. The van der Waals surface area contributed by atoms with Crippen molar-refractivity contribution in [2.45, 2.75) is 45.4 Å². The van der Waals surface area contributed by atoms with Gasteiger partial charge in [-0.25, -0.2) is 4.68 Å². The van der Waals surface area contributed by atoms with Crippen molar-refractivity contribution < 1.29 is 0 Å². The Bertz CT molecular complexity index is 589. The number of hydrogen-bond acceptors (Lipinski definition) is 4. The molecule has 1 aromatic heterocycles. The van der Waals surface area contributed by atoms with Gasteiger partial charge in [-0.3, -0.25) is 0 Å². The standard InChI is InChI=1S/C16H24N4S2/c1-3-5-11-19(12-6-4-2)16(21)22-13-20-15-10-8-7-9-14(15)17-18-20/h7-10H,3-6,11-13H2,1-2H3. The fourth-order valence-electron chi connectivity index (χ4n) is 2.21. The maximum absolute atomic E-state index is 5.63. The molecule has 120 valence electrons. The van der Waals surface area contributed by atoms with E-state index in [2.05, 4.69) is 29.1 Å². The highest BCUT2D eigenvalue weighted by atomic mass is 32.2. The molecule has 0 fully saturated rings. The van der Waals surface area contributed by atoms with Crippen LogP contribution in [-0.4, -0.2) is 37.3 Å². The molecule has 6 heteroatoms. The SMILES string of the molecule is CCCCN(CCCC)C(=S)SCn1nnc2ccccc21. The fourth-order valence-corrected chi connectivity index (χ4v) is 3.34. The Morgan fingerprint density at radius 1 is 1.18 bits per heavy atom. The van der Waals surface area contributed by atoms with E-state index in [0.29, 0.717) is 5.88 Å². The van der Waals surface area contributed by atoms with Gasteiger partial charge in [0.15, 0.2) is 0 Å². The van der Waals surface area contributed by atoms with E-state index in [9.17, 15) is 0 Å². The molecular weight excluding hydrogens is 312 g/mol. The van der Waals surface area contributed by atoms with Gasteiger partial charge in [0.05, 0.1) is 11.4 Å². The molecule has 0 aliphatic heterocycles. The predicted octanol–water partition coefficient (Wildman–Crippen LogP) is 4.31. The fraction of sp³-hybridized carbons (Fsp3) is 0.562. The average Bonchev–Trinajstić information content (AvgIpc) is 2.96. The molecular formula is C16H24N4S2. The van der Waals surface area contributed by atoms with Crippen molar-refractivity contribution >= 4 is 39.3 Å². The minimum atomic E-state index is 0.716. The molecule has 0 saturated heterocycles.